The summed E-state index contributed by atoms with van der Waals surface area (Å²) in [4.78, 5) is 20.2. The van der Waals surface area contributed by atoms with Gasteiger partial charge in [0, 0.05) is 31.8 Å². The maximum Gasteiger partial charge on any atom is 0.289 e. The molecule has 0 aliphatic rings. The SMILES string of the molecule is COCCCNC(=O)c1ncc2cc(C)ccc2n1. The summed E-state index contributed by atoms with van der Waals surface area (Å²) in [5.41, 5.74) is 1.93. The maximum absolute atomic E-state index is 11.8. The van der Waals surface area contributed by atoms with Crippen molar-refractivity contribution in [3.63, 3.8) is 0 Å². The Labute approximate surface area is 112 Å². The van der Waals surface area contributed by atoms with Crippen molar-refractivity contribution in [2.24, 2.45) is 0 Å². The molecular weight excluding hydrogens is 242 g/mol. The van der Waals surface area contributed by atoms with E-state index in [4.69, 9.17) is 4.74 Å². The first-order chi connectivity index (χ1) is 9.20. The maximum atomic E-state index is 11.8. The zero-order valence-electron chi connectivity index (χ0n) is 11.1. The Kier molecular flexibility index (Phi) is 4.41. The van der Waals surface area contributed by atoms with Crippen LogP contribution in [0.15, 0.2) is 24.4 Å². The van der Waals surface area contributed by atoms with Crippen molar-refractivity contribution in [3.8, 4) is 0 Å². The van der Waals surface area contributed by atoms with Crippen LogP contribution in [-0.2, 0) is 4.74 Å². The van der Waals surface area contributed by atoms with Gasteiger partial charge in [0.2, 0.25) is 5.82 Å². The second-order valence-corrected chi connectivity index (χ2v) is 4.36. The molecule has 0 spiro atoms. The number of carbonyl (C=O) groups is 1. The van der Waals surface area contributed by atoms with Crippen LogP contribution in [0.25, 0.3) is 10.9 Å². The second kappa shape index (κ2) is 6.24. The van der Waals surface area contributed by atoms with Crippen LogP contribution in [0.1, 0.15) is 22.6 Å². The Hall–Kier alpha value is -2.01. The van der Waals surface area contributed by atoms with E-state index in [9.17, 15) is 4.79 Å². The third kappa shape index (κ3) is 3.48. The number of carbonyl (C=O) groups excluding carboxylic acids is 1. The van der Waals surface area contributed by atoms with Crippen molar-refractivity contribution in [1.29, 1.82) is 0 Å². The summed E-state index contributed by atoms with van der Waals surface area (Å²) in [6.07, 6.45) is 2.45. The van der Waals surface area contributed by atoms with Gasteiger partial charge in [-0.05, 0) is 25.5 Å². The summed E-state index contributed by atoms with van der Waals surface area (Å²) in [6.45, 7) is 3.19. The van der Waals surface area contributed by atoms with E-state index in [0.29, 0.717) is 13.2 Å². The van der Waals surface area contributed by atoms with Crippen LogP contribution in [0, 0.1) is 6.92 Å². The standard InChI is InChI=1S/C14H17N3O2/c1-10-4-5-12-11(8-10)9-16-13(17-12)14(18)15-6-3-7-19-2/h4-5,8-9H,3,6-7H2,1-2H3,(H,15,18). The van der Waals surface area contributed by atoms with E-state index in [2.05, 4.69) is 15.3 Å². The third-order valence-corrected chi connectivity index (χ3v) is 2.75. The quantitative estimate of drug-likeness (QED) is 0.830. The Morgan fingerprint density at radius 2 is 2.26 bits per heavy atom. The molecule has 0 aliphatic carbocycles. The van der Waals surface area contributed by atoms with Crippen LogP contribution in [-0.4, -0.2) is 36.1 Å². The van der Waals surface area contributed by atoms with Crippen LogP contribution >= 0.6 is 0 Å². The summed E-state index contributed by atoms with van der Waals surface area (Å²) in [5, 5.41) is 3.71. The highest BCUT2D eigenvalue weighted by atomic mass is 16.5. The third-order valence-electron chi connectivity index (χ3n) is 2.75. The fourth-order valence-corrected chi connectivity index (χ4v) is 1.76. The predicted molar refractivity (Wildman–Crippen MR) is 73.1 cm³/mol. The van der Waals surface area contributed by atoms with E-state index in [1.807, 2.05) is 25.1 Å². The van der Waals surface area contributed by atoms with Crippen LogP contribution in [0.2, 0.25) is 0 Å². The number of nitrogens with zero attached hydrogens (tertiary/aromatic N) is 2. The number of fused-ring (bicyclic) bond motifs is 1. The molecule has 0 saturated heterocycles. The summed E-state index contributed by atoms with van der Waals surface area (Å²) < 4.78 is 4.92. The Morgan fingerprint density at radius 1 is 1.42 bits per heavy atom. The minimum atomic E-state index is -0.251. The molecule has 0 bridgehead atoms. The summed E-state index contributed by atoms with van der Waals surface area (Å²) in [7, 11) is 1.64. The molecule has 19 heavy (non-hydrogen) atoms. The average molecular weight is 259 g/mol. The number of nitrogens with one attached hydrogen (secondary N) is 1. The van der Waals surface area contributed by atoms with Crippen LogP contribution < -0.4 is 5.32 Å². The lowest BCUT2D eigenvalue weighted by Crippen LogP contribution is -2.27. The number of hydrogen-bond acceptors (Lipinski definition) is 4. The van der Waals surface area contributed by atoms with E-state index >= 15 is 0 Å². The van der Waals surface area contributed by atoms with Crippen molar-refractivity contribution in [2.45, 2.75) is 13.3 Å². The van der Waals surface area contributed by atoms with E-state index in [-0.39, 0.29) is 11.7 Å². The van der Waals surface area contributed by atoms with Crippen LogP contribution in [0.5, 0.6) is 0 Å². The van der Waals surface area contributed by atoms with Crippen molar-refractivity contribution in [1.82, 2.24) is 15.3 Å². The first-order valence-corrected chi connectivity index (χ1v) is 6.21. The van der Waals surface area contributed by atoms with Crippen LogP contribution in [0.4, 0.5) is 0 Å². The van der Waals surface area contributed by atoms with E-state index in [1.165, 1.54) is 0 Å². The van der Waals surface area contributed by atoms with E-state index in [0.717, 1.165) is 22.9 Å². The molecule has 0 unspecified atom stereocenters. The minimum Gasteiger partial charge on any atom is -0.385 e. The molecule has 0 atom stereocenters. The highest BCUT2D eigenvalue weighted by Crippen LogP contribution is 2.12. The molecule has 0 radical (unpaired) electrons. The highest BCUT2D eigenvalue weighted by molar-refractivity contribution is 5.92. The number of amides is 1. The van der Waals surface area contributed by atoms with Crippen molar-refractivity contribution < 1.29 is 9.53 Å². The van der Waals surface area contributed by atoms with Crippen LogP contribution in [0.3, 0.4) is 0 Å². The van der Waals surface area contributed by atoms with Gasteiger partial charge in [-0.15, -0.1) is 0 Å². The Balaban J connectivity index is 2.08. The Morgan fingerprint density at radius 3 is 3.05 bits per heavy atom. The van der Waals surface area contributed by atoms with Gasteiger partial charge in [-0.1, -0.05) is 11.6 Å². The molecule has 100 valence electrons. The van der Waals surface area contributed by atoms with Gasteiger partial charge in [0.15, 0.2) is 0 Å². The molecule has 1 N–H and O–H groups in total. The molecule has 1 aromatic heterocycles. The largest absolute Gasteiger partial charge is 0.385 e. The molecule has 0 fully saturated rings. The predicted octanol–water partition coefficient (Wildman–Crippen LogP) is 1.70. The summed E-state index contributed by atoms with van der Waals surface area (Å²) in [5.74, 6) is -0.0488. The number of aryl methyl sites for hydroxylation is 1. The number of ether oxygens (including phenoxy) is 1. The van der Waals surface area contributed by atoms with Gasteiger partial charge < -0.3 is 10.1 Å². The lowest BCUT2D eigenvalue weighted by molar-refractivity contribution is 0.0938. The zero-order valence-corrected chi connectivity index (χ0v) is 11.1. The molecule has 0 saturated carbocycles. The van der Waals surface area contributed by atoms with Gasteiger partial charge in [0.1, 0.15) is 0 Å². The fraction of sp³-hybridized carbons (Fsp3) is 0.357. The monoisotopic (exact) mass is 259 g/mol. The van der Waals surface area contributed by atoms with E-state index in [1.54, 1.807) is 13.3 Å². The van der Waals surface area contributed by atoms with Gasteiger partial charge in [0.25, 0.3) is 5.91 Å². The molecule has 1 amide bonds. The van der Waals surface area contributed by atoms with Crippen molar-refractivity contribution in [3.05, 3.63) is 35.8 Å². The number of benzene rings is 1. The smallest absolute Gasteiger partial charge is 0.289 e. The lowest BCUT2D eigenvalue weighted by Gasteiger charge is -2.05. The Bertz CT molecular complexity index is 584. The molecule has 1 aromatic carbocycles. The van der Waals surface area contributed by atoms with Crippen molar-refractivity contribution in [2.75, 3.05) is 20.3 Å². The molecule has 2 aromatic rings. The molecule has 1 heterocycles. The zero-order chi connectivity index (χ0) is 13.7. The highest BCUT2D eigenvalue weighted by Gasteiger charge is 2.09. The average Bonchev–Trinajstić information content (AvgIpc) is 2.42. The number of methoxy groups -OCH3 is 1. The first-order valence-electron chi connectivity index (χ1n) is 6.21. The normalized spacial score (nSPS) is 10.6. The number of rotatable bonds is 5. The number of hydrogen-bond donors (Lipinski definition) is 1. The van der Waals surface area contributed by atoms with Gasteiger partial charge >= 0.3 is 0 Å². The molecule has 2 rings (SSSR count). The van der Waals surface area contributed by atoms with Gasteiger partial charge in [-0.3, -0.25) is 4.79 Å². The van der Waals surface area contributed by atoms with Crippen molar-refractivity contribution >= 4 is 16.8 Å². The topological polar surface area (TPSA) is 64.1 Å². The lowest BCUT2D eigenvalue weighted by atomic mass is 10.2. The van der Waals surface area contributed by atoms with Gasteiger partial charge in [-0.25, -0.2) is 9.97 Å². The molecule has 5 nitrogen and oxygen atoms in total. The fourth-order valence-electron chi connectivity index (χ4n) is 1.76. The minimum absolute atomic E-state index is 0.203. The van der Waals surface area contributed by atoms with Gasteiger partial charge in [0.05, 0.1) is 5.52 Å². The second-order valence-electron chi connectivity index (χ2n) is 4.36. The summed E-state index contributed by atoms with van der Waals surface area (Å²) in [6, 6.07) is 5.86. The first kappa shape index (κ1) is 13.4. The van der Waals surface area contributed by atoms with Gasteiger partial charge in [-0.2, -0.15) is 0 Å². The molecule has 0 aliphatic heterocycles. The van der Waals surface area contributed by atoms with E-state index < -0.39 is 0 Å². The molecular formula is C14H17N3O2. The number of aromatic nitrogens is 2. The molecule has 5 heteroatoms. The summed E-state index contributed by atoms with van der Waals surface area (Å²) >= 11 is 0.